The van der Waals surface area contributed by atoms with Gasteiger partial charge in [-0.2, -0.15) is 13.2 Å². The molecule has 5 nitrogen and oxygen atoms in total. The predicted octanol–water partition coefficient (Wildman–Crippen LogP) is 3.75. The van der Waals surface area contributed by atoms with Crippen LogP contribution in [0.5, 0.6) is 5.75 Å². The lowest BCUT2D eigenvalue weighted by Gasteiger charge is -2.12. The Morgan fingerprint density at radius 3 is 2.46 bits per heavy atom. The minimum Gasteiger partial charge on any atom is -0.484 e. The van der Waals surface area contributed by atoms with Crippen molar-refractivity contribution < 1.29 is 22.3 Å². The van der Waals surface area contributed by atoms with E-state index in [9.17, 15) is 13.2 Å². The number of alkyl halides is 3. The van der Waals surface area contributed by atoms with Crippen LogP contribution in [0, 0.1) is 0 Å². The third kappa shape index (κ3) is 8.45. The van der Waals surface area contributed by atoms with E-state index in [1.165, 1.54) is 12.1 Å². The summed E-state index contributed by atoms with van der Waals surface area (Å²) in [5.41, 5.74) is 0.897. The van der Waals surface area contributed by atoms with Gasteiger partial charge < -0.3 is 19.8 Å². The first-order valence-electron chi connectivity index (χ1n) is 7.71. The van der Waals surface area contributed by atoms with Gasteiger partial charge >= 0.3 is 6.18 Å². The largest absolute Gasteiger partial charge is 0.484 e. The maximum atomic E-state index is 12.1. The van der Waals surface area contributed by atoms with Crippen LogP contribution < -0.4 is 15.4 Å². The Morgan fingerprint density at radius 2 is 1.88 bits per heavy atom. The van der Waals surface area contributed by atoms with Gasteiger partial charge in [0.1, 0.15) is 11.5 Å². The van der Waals surface area contributed by atoms with Crippen LogP contribution in [0.1, 0.15) is 11.3 Å². The molecule has 0 fully saturated rings. The van der Waals surface area contributed by atoms with Crippen LogP contribution in [0.3, 0.4) is 0 Å². The minimum atomic E-state index is -4.34. The van der Waals surface area contributed by atoms with Gasteiger partial charge in [0.15, 0.2) is 12.6 Å². The molecule has 0 unspecified atom stereocenters. The molecule has 144 valence electrons. The SMILES string of the molecule is CN=C(NCCc1ccco1)NCc1ccc(OCC(F)(F)F)cc1.I. The zero-order valence-electron chi connectivity index (χ0n) is 14.2. The van der Waals surface area contributed by atoms with Crippen LogP contribution >= 0.6 is 24.0 Å². The van der Waals surface area contributed by atoms with E-state index in [1.54, 1.807) is 25.4 Å². The summed E-state index contributed by atoms with van der Waals surface area (Å²) in [5, 5.41) is 6.28. The summed E-state index contributed by atoms with van der Waals surface area (Å²) in [4.78, 5) is 4.11. The number of benzene rings is 1. The molecule has 0 aliphatic carbocycles. The van der Waals surface area contributed by atoms with Crippen molar-refractivity contribution in [2.45, 2.75) is 19.1 Å². The van der Waals surface area contributed by atoms with Gasteiger partial charge in [0.2, 0.25) is 0 Å². The summed E-state index contributed by atoms with van der Waals surface area (Å²) in [6, 6.07) is 10.2. The highest BCUT2D eigenvalue weighted by molar-refractivity contribution is 14.0. The van der Waals surface area contributed by atoms with Crippen LogP contribution in [0.4, 0.5) is 13.2 Å². The monoisotopic (exact) mass is 483 g/mol. The fourth-order valence-corrected chi connectivity index (χ4v) is 2.03. The molecule has 2 aromatic rings. The fourth-order valence-electron chi connectivity index (χ4n) is 2.03. The Bertz CT molecular complexity index is 659. The highest BCUT2D eigenvalue weighted by Gasteiger charge is 2.28. The maximum Gasteiger partial charge on any atom is 0.422 e. The number of rotatable bonds is 7. The first-order valence-corrected chi connectivity index (χ1v) is 7.71. The number of ether oxygens (including phenoxy) is 1. The van der Waals surface area contributed by atoms with Gasteiger partial charge in [-0.25, -0.2) is 0 Å². The molecule has 1 aromatic carbocycles. The Balaban J connectivity index is 0.00000338. The minimum absolute atomic E-state index is 0. The van der Waals surface area contributed by atoms with Crippen molar-refractivity contribution in [3.8, 4) is 5.75 Å². The quantitative estimate of drug-likeness (QED) is 0.358. The highest BCUT2D eigenvalue weighted by atomic mass is 127. The third-order valence-corrected chi connectivity index (χ3v) is 3.25. The third-order valence-electron chi connectivity index (χ3n) is 3.25. The molecule has 0 aliphatic heterocycles. The van der Waals surface area contributed by atoms with Crippen molar-refractivity contribution in [3.05, 3.63) is 54.0 Å². The second kappa shape index (κ2) is 10.9. The first-order chi connectivity index (χ1) is 12.0. The molecule has 1 aromatic heterocycles. The van der Waals surface area contributed by atoms with Gasteiger partial charge in [-0.3, -0.25) is 4.99 Å². The van der Waals surface area contributed by atoms with E-state index >= 15 is 0 Å². The van der Waals surface area contributed by atoms with Gasteiger partial charge in [-0.15, -0.1) is 24.0 Å². The summed E-state index contributed by atoms with van der Waals surface area (Å²) >= 11 is 0. The van der Waals surface area contributed by atoms with Crippen LogP contribution in [-0.4, -0.2) is 32.3 Å². The van der Waals surface area contributed by atoms with E-state index in [0.717, 1.165) is 17.7 Å². The topological polar surface area (TPSA) is 58.8 Å². The second-order valence-corrected chi connectivity index (χ2v) is 5.23. The van der Waals surface area contributed by atoms with Crippen molar-refractivity contribution >= 4 is 29.9 Å². The average Bonchev–Trinajstić information content (AvgIpc) is 3.10. The van der Waals surface area contributed by atoms with E-state index in [1.807, 2.05) is 12.1 Å². The number of halogens is 4. The second-order valence-electron chi connectivity index (χ2n) is 5.23. The number of nitrogens with zero attached hydrogens (tertiary/aromatic N) is 1. The van der Waals surface area contributed by atoms with Crippen LogP contribution in [0.25, 0.3) is 0 Å². The summed E-state index contributed by atoms with van der Waals surface area (Å²) < 4.78 is 46.2. The molecule has 0 aliphatic rings. The van der Waals surface area contributed by atoms with Crippen LogP contribution in [0.2, 0.25) is 0 Å². The summed E-state index contributed by atoms with van der Waals surface area (Å²) in [6.45, 7) is -0.145. The molecular weight excluding hydrogens is 462 g/mol. The molecule has 9 heteroatoms. The summed E-state index contributed by atoms with van der Waals surface area (Å²) in [7, 11) is 1.66. The smallest absolute Gasteiger partial charge is 0.422 e. The molecule has 0 atom stereocenters. The lowest BCUT2D eigenvalue weighted by atomic mass is 10.2. The maximum absolute atomic E-state index is 12.1. The van der Waals surface area contributed by atoms with Crippen LogP contribution in [-0.2, 0) is 13.0 Å². The van der Waals surface area contributed by atoms with Crippen molar-refractivity contribution in [1.82, 2.24) is 10.6 Å². The van der Waals surface area contributed by atoms with Gasteiger partial charge in [-0.05, 0) is 29.8 Å². The number of nitrogens with one attached hydrogen (secondary N) is 2. The standard InChI is InChI=1S/C17H20F3N3O2.HI/c1-21-16(22-9-8-14-3-2-10-24-14)23-11-13-4-6-15(7-5-13)25-12-17(18,19)20;/h2-7,10H,8-9,11-12H2,1H3,(H2,21,22,23);1H. The molecule has 1 heterocycles. The van der Waals surface area contributed by atoms with Gasteiger partial charge in [0.05, 0.1) is 6.26 Å². The van der Waals surface area contributed by atoms with Crippen molar-refractivity contribution in [2.75, 3.05) is 20.2 Å². The molecule has 0 spiro atoms. The van der Waals surface area contributed by atoms with E-state index in [-0.39, 0.29) is 29.7 Å². The van der Waals surface area contributed by atoms with Crippen molar-refractivity contribution in [2.24, 2.45) is 4.99 Å². The summed E-state index contributed by atoms with van der Waals surface area (Å²) in [5.74, 6) is 1.70. The lowest BCUT2D eigenvalue weighted by Crippen LogP contribution is -2.37. The normalized spacial score (nSPS) is 11.6. The molecular formula is C17H21F3IN3O2. The highest BCUT2D eigenvalue weighted by Crippen LogP contribution is 2.18. The van der Waals surface area contributed by atoms with E-state index in [0.29, 0.717) is 19.0 Å². The first kappa shape index (κ1) is 22.1. The molecule has 0 saturated carbocycles. The Hall–Kier alpha value is -1.91. The zero-order valence-corrected chi connectivity index (χ0v) is 16.5. The number of hydrogen-bond acceptors (Lipinski definition) is 3. The molecule has 0 radical (unpaired) electrons. The predicted molar refractivity (Wildman–Crippen MR) is 104 cm³/mol. The number of guanidine groups is 1. The van der Waals surface area contributed by atoms with Gasteiger partial charge in [0.25, 0.3) is 0 Å². The molecule has 0 saturated heterocycles. The molecule has 2 rings (SSSR count). The van der Waals surface area contributed by atoms with E-state index in [2.05, 4.69) is 20.4 Å². The number of furan rings is 1. The number of aliphatic imine (C=N–C) groups is 1. The van der Waals surface area contributed by atoms with Gasteiger partial charge in [0, 0.05) is 26.6 Å². The van der Waals surface area contributed by atoms with Crippen molar-refractivity contribution in [1.29, 1.82) is 0 Å². The molecule has 2 N–H and O–H groups in total. The lowest BCUT2D eigenvalue weighted by molar-refractivity contribution is -0.153. The van der Waals surface area contributed by atoms with Gasteiger partial charge in [-0.1, -0.05) is 12.1 Å². The zero-order chi connectivity index (χ0) is 18.1. The summed E-state index contributed by atoms with van der Waals surface area (Å²) in [6.07, 6.45) is -1.97. The Morgan fingerprint density at radius 1 is 1.15 bits per heavy atom. The number of hydrogen-bond donors (Lipinski definition) is 2. The Kier molecular flexibility index (Phi) is 9.31. The Labute approximate surface area is 167 Å². The average molecular weight is 483 g/mol. The molecule has 0 bridgehead atoms. The van der Waals surface area contributed by atoms with Crippen molar-refractivity contribution in [3.63, 3.8) is 0 Å². The molecule has 0 amide bonds. The molecule has 26 heavy (non-hydrogen) atoms. The van der Waals surface area contributed by atoms with E-state index < -0.39 is 12.8 Å². The van der Waals surface area contributed by atoms with Crippen LogP contribution in [0.15, 0.2) is 52.1 Å². The fraction of sp³-hybridized carbons (Fsp3) is 0.353. The van der Waals surface area contributed by atoms with E-state index in [4.69, 9.17) is 4.42 Å².